The lowest BCUT2D eigenvalue weighted by Gasteiger charge is -2.24. The molecule has 3 rings (SSSR count). The summed E-state index contributed by atoms with van der Waals surface area (Å²) >= 11 is 0. The predicted molar refractivity (Wildman–Crippen MR) is 79.4 cm³/mol. The van der Waals surface area contributed by atoms with E-state index >= 15 is 0 Å². The molecule has 20 heavy (non-hydrogen) atoms. The van der Waals surface area contributed by atoms with Crippen molar-refractivity contribution in [3.8, 4) is 5.75 Å². The third kappa shape index (κ3) is 2.34. The molecule has 1 atom stereocenters. The van der Waals surface area contributed by atoms with Crippen molar-refractivity contribution in [3.63, 3.8) is 0 Å². The lowest BCUT2D eigenvalue weighted by atomic mass is 9.89. The van der Waals surface area contributed by atoms with E-state index in [0.29, 0.717) is 6.61 Å². The number of ketones is 1. The zero-order chi connectivity index (χ0) is 14.1. The Kier molecular flexibility index (Phi) is 3.31. The molecule has 0 saturated carbocycles. The Morgan fingerprint density at radius 1 is 1.10 bits per heavy atom. The number of hydrogen-bond acceptors (Lipinski definition) is 2. The molecule has 0 saturated heterocycles. The van der Waals surface area contributed by atoms with E-state index < -0.39 is 0 Å². The van der Waals surface area contributed by atoms with Crippen LogP contribution in [0, 0.1) is 19.8 Å². The normalized spacial score (nSPS) is 17.2. The number of para-hydroxylation sites is 1. The molecule has 0 bridgehead atoms. The number of carbonyl (C=O) groups is 1. The van der Waals surface area contributed by atoms with E-state index in [0.717, 1.165) is 28.9 Å². The minimum Gasteiger partial charge on any atom is -0.493 e. The number of hydrogen-bond donors (Lipinski definition) is 0. The molecule has 2 aromatic rings. The van der Waals surface area contributed by atoms with Gasteiger partial charge in [0.15, 0.2) is 5.78 Å². The second-order valence-corrected chi connectivity index (χ2v) is 5.48. The molecule has 2 aromatic carbocycles. The zero-order valence-corrected chi connectivity index (χ0v) is 11.8. The van der Waals surface area contributed by atoms with E-state index in [1.54, 1.807) is 0 Å². The van der Waals surface area contributed by atoms with Crippen LogP contribution in [0.5, 0.6) is 5.75 Å². The van der Waals surface area contributed by atoms with Crippen molar-refractivity contribution in [3.05, 3.63) is 64.7 Å². The minimum atomic E-state index is -0.0768. The van der Waals surface area contributed by atoms with Crippen LogP contribution in [0.1, 0.15) is 27.0 Å². The van der Waals surface area contributed by atoms with Gasteiger partial charge in [-0.15, -0.1) is 0 Å². The molecule has 0 N–H and O–H groups in total. The predicted octanol–water partition coefficient (Wildman–Crippen LogP) is 3.74. The van der Waals surface area contributed by atoms with Crippen LogP contribution in [0.25, 0.3) is 0 Å². The molecule has 0 aromatic heterocycles. The molecule has 1 heterocycles. The molecule has 102 valence electrons. The maximum atomic E-state index is 12.6. The average molecular weight is 266 g/mol. The summed E-state index contributed by atoms with van der Waals surface area (Å²) in [6.07, 6.45) is 0.766. The van der Waals surface area contributed by atoms with Crippen molar-refractivity contribution in [2.24, 2.45) is 5.92 Å². The van der Waals surface area contributed by atoms with Crippen molar-refractivity contribution in [1.29, 1.82) is 0 Å². The van der Waals surface area contributed by atoms with Gasteiger partial charge in [-0.1, -0.05) is 30.3 Å². The van der Waals surface area contributed by atoms with Gasteiger partial charge in [-0.3, -0.25) is 4.79 Å². The summed E-state index contributed by atoms with van der Waals surface area (Å²) in [4.78, 5) is 12.6. The highest BCUT2D eigenvalue weighted by atomic mass is 16.5. The van der Waals surface area contributed by atoms with Gasteiger partial charge < -0.3 is 4.74 Å². The second kappa shape index (κ2) is 5.12. The molecule has 0 radical (unpaired) electrons. The van der Waals surface area contributed by atoms with E-state index in [9.17, 15) is 4.79 Å². The Morgan fingerprint density at radius 2 is 1.90 bits per heavy atom. The van der Waals surface area contributed by atoms with Gasteiger partial charge >= 0.3 is 0 Å². The van der Waals surface area contributed by atoms with Crippen LogP contribution in [0.3, 0.4) is 0 Å². The van der Waals surface area contributed by atoms with Gasteiger partial charge in [-0.25, -0.2) is 0 Å². The second-order valence-electron chi connectivity index (χ2n) is 5.48. The first-order chi connectivity index (χ1) is 9.65. The standard InChI is InChI=1S/C18H18O2/c1-12-7-8-15(9-13(12)2)18(19)16-10-14-5-3-4-6-17(14)20-11-16/h3-9,16H,10-11H2,1-2H3. The van der Waals surface area contributed by atoms with Gasteiger partial charge in [-0.2, -0.15) is 0 Å². The highest BCUT2D eigenvalue weighted by Crippen LogP contribution is 2.28. The lowest BCUT2D eigenvalue weighted by Crippen LogP contribution is -2.28. The molecule has 0 spiro atoms. The maximum absolute atomic E-state index is 12.6. The summed E-state index contributed by atoms with van der Waals surface area (Å²) in [7, 11) is 0. The zero-order valence-electron chi connectivity index (χ0n) is 11.8. The highest BCUT2D eigenvalue weighted by Gasteiger charge is 2.26. The summed E-state index contributed by atoms with van der Waals surface area (Å²) in [6, 6.07) is 13.9. The van der Waals surface area contributed by atoms with Gasteiger partial charge in [0.05, 0.1) is 12.5 Å². The summed E-state index contributed by atoms with van der Waals surface area (Å²) in [5.74, 6) is 1.02. The Bertz CT molecular complexity index is 658. The molecular weight excluding hydrogens is 248 g/mol. The Morgan fingerprint density at radius 3 is 2.70 bits per heavy atom. The fraction of sp³-hybridized carbons (Fsp3) is 0.278. The lowest BCUT2D eigenvalue weighted by molar-refractivity contribution is 0.0855. The number of Topliss-reactive ketones (excluding diaryl/α,β-unsaturated/α-hetero) is 1. The Balaban J connectivity index is 1.84. The molecule has 2 nitrogen and oxygen atoms in total. The number of fused-ring (bicyclic) bond motifs is 1. The number of carbonyl (C=O) groups excluding carboxylic acids is 1. The fourth-order valence-corrected chi connectivity index (χ4v) is 2.63. The van der Waals surface area contributed by atoms with Gasteiger partial charge in [0.1, 0.15) is 5.75 Å². The third-order valence-corrected chi connectivity index (χ3v) is 4.04. The Labute approximate surface area is 119 Å². The molecule has 0 aliphatic carbocycles. The van der Waals surface area contributed by atoms with Crippen LogP contribution in [0.15, 0.2) is 42.5 Å². The maximum Gasteiger partial charge on any atom is 0.169 e. The Hall–Kier alpha value is -2.09. The first kappa shape index (κ1) is 12.9. The third-order valence-electron chi connectivity index (χ3n) is 4.04. The SMILES string of the molecule is Cc1ccc(C(=O)C2COc3ccccc3C2)cc1C. The summed E-state index contributed by atoms with van der Waals surface area (Å²) in [5.41, 5.74) is 4.29. The van der Waals surface area contributed by atoms with E-state index in [4.69, 9.17) is 4.74 Å². The first-order valence-electron chi connectivity index (χ1n) is 6.97. The largest absolute Gasteiger partial charge is 0.493 e. The topological polar surface area (TPSA) is 26.3 Å². The molecule has 1 aliphatic rings. The number of aryl methyl sites for hydroxylation is 2. The van der Waals surface area contributed by atoms with Gasteiger partial charge in [0.2, 0.25) is 0 Å². The molecule has 1 aliphatic heterocycles. The molecule has 0 fully saturated rings. The monoisotopic (exact) mass is 266 g/mol. The number of benzene rings is 2. The van der Waals surface area contributed by atoms with E-state index in [-0.39, 0.29) is 11.7 Å². The average Bonchev–Trinajstić information content (AvgIpc) is 2.49. The van der Waals surface area contributed by atoms with Crippen molar-refractivity contribution in [2.45, 2.75) is 20.3 Å². The summed E-state index contributed by atoms with van der Waals surface area (Å²) in [5, 5.41) is 0. The first-order valence-corrected chi connectivity index (χ1v) is 6.97. The molecule has 1 unspecified atom stereocenters. The molecule has 2 heteroatoms. The van der Waals surface area contributed by atoms with E-state index in [1.807, 2.05) is 49.4 Å². The summed E-state index contributed by atoms with van der Waals surface area (Å²) in [6.45, 7) is 4.57. The van der Waals surface area contributed by atoms with Crippen molar-refractivity contribution in [2.75, 3.05) is 6.61 Å². The minimum absolute atomic E-state index is 0.0768. The highest BCUT2D eigenvalue weighted by molar-refractivity contribution is 5.98. The van der Waals surface area contributed by atoms with Gasteiger partial charge in [-0.05, 0) is 49.1 Å². The fourth-order valence-electron chi connectivity index (χ4n) is 2.63. The van der Waals surface area contributed by atoms with Crippen molar-refractivity contribution >= 4 is 5.78 Å². The smallest absolute Gasteiger partial charge is 0.169 e. The molecule has 0 amide bonds. The van der Waals surface area contributed by atoms with Crippen LogP contribution in [-0.2, 0) is 6.42 Å². The van der Waals surface area contributed by atoms with Crippen LogP contribution in [-0.4, -0.2) is 12.4 Å². The quantitative estimate of drug-likeness (QED) is 0.774. The number of rotatable bonds is 2. The summed E-state index contributed by atoms with van der Waals surface area (Å²) < 4.78 is 5.71. The van der Waals surface area contributed by atoms with E-state index in [2.05, 4.69) is 6.92 Å². The van der Waals surface area contributed by atoms with Crippen LogP contribution >= 0.6 is 0 Å². The number of ether oxygens (including phenoxy) is 1. The van der Waals surface area contributed by atoms with Crippen molar-refractivity contribution in [1.82, 2.24) is 0 Å². The van der Waals surface area contributed by atoms with Crippen LogP contribution in [0.4, 0.5) is 0 Å². The van der Waals surface area contributed by atoms with Crippen LogP contribution < -0.4 is 4.74 Å². The molecular formula is C18H18O2. The van der Waals surface area contributed by atoms with Gasteiger partial charge in [0, 0.05) is 5.56 Å². The van der Waals surface area contributed by atoms with Crippen molar-refractivity contribution < 1.29 is 9.53 Å². The van der Waals surface area contributed by atoms with E-state index in [1.165, 1.54) is 5.56 Å². The van der Waals surface area contributed by atoms with Crippen LogP contribution in [0.2, 0.25) is 0 Å². The van der Waals surface area contributed by atoms with Gasteiger partial charge in [0.25, 0.3) is 0 Å².